The maximum atomic E-state index is 12.6. The number of hydrogen-bond acceptors (Lipinski definition) is 5. The standard InChI is InChI=1S/C12H13N3O3S2/c1-13-11(16)9-15(12-14-7-8-19-12)20(17,18)10-5-3-2-4-6-10/h2-8H,9H2,1H3,(H,13,16). The van der Waals surface area contributed by atoms with E-state index in [0.29, 0.717) is 0 Å². The summed E-state index contributed by atoms with van der Waals surface area (Å²) in [4.78, 5) is 15.7. The van der Waals surface area contributed by atoms with Crippen molar-refractivity contribution in [3.8, 4) is 0 Å². The van der Waals surface area contributed by atoms with Crippen LogP contribution in [0.5, 0.6) is 0 Å². The number of hydrogen-bond donors (Lipinski definition) is 1. The summed E-state index contributed by atoms with van der Waals surface area (Å²) in [5, 5.41) is 4.33. The minimum atomic E-state index is -3.81. The molecule has 1 N–H and O–H groups in total. The number of nitrogens with one attached hydrogen (secondary N) is 1. The lowest BCUT2D eigenvalue weighted by molar-refractivity contribution is -0.119. The Bertz CT molecular complexity index is 669. The molecule has 20 heavy (non-hydrogen) atoms. The molecule has 0 aliphatic heterocycles. The average molecular weight is 311 g/mol. The van der Waals surface area contributed by atoms with Crippen LogP contribution in [0.15, 0.2) is 46.8 Å². The third kappa shape index (κ3) is 2.97. The van der Waals surface area contributed by atoms with Gasteiger partial charge in [-0.25, -0.2) is 17.7 Å². The fourth-order valence-electron chi connectivity index (χ4n) is 1.52. The van der Waals surface area contributed by atoms with Gasteiger partial charge in [0, 0.05) is 18.6 Å². The van der Waals surface area contributed by atoms with Gasteiger partial charge >= 0.3 is 0 Å². The monoisotopic (exact) mass is 311 g/mol. The van der Waals surface area contributed by atoms with Gasteiger partial charge in [-0.15, -0.1) is 11.3 Å². The molecule has 0 spiro atoms. The Morgan fingerprint density at radius 3 is 2.60 bits per heavy atom. The van der Waals surface area contributed by atoms with Crippen LogP contribution in [0.1, 0.15) is 0 Å². The Kier molecular flexibility index (Phi) is 4.35. The second-order valence-electron chi connectivity index (χ2n) is 3.81. The van der Waals surface area contributed by atoms with Gasteiger partial charge in [0.05, 0.1) is 4.90 Å². The fourth-order valence-corrected chi connectivity index (χ4v) is 3.79. The van der Waals surface area contributed by atoms with Crippen molar-refractivity contribution >= 4 is 32.4 Å². The van der Waals surface area contributed by atoms with Crippen molar-refractivity contribution in [1.82, 2.24) is 10.3 Å². The van der Waals surface area contributed by atoms with Gasteiger partial charge in [0.15, 0.2) is 5.13 Å². The molecule has 6 nitrogen and oxygen atoms in total. The maximum Gasteiger partial charge on any atom is 0.266 e. The number of anilines is 1. The molecule has 106 valence electrons. The third-order valence-electron chi connectivity index (χ3n) is 2.53. The molecule has 0 saturated heterocycles. The summed E-state index contributed by atoms with van der Waals surface area (Å²) >= 11 is 1.16. The second kappa shape index (κ2) is 6.02. The predicted molar refractivity (Wildman–Crippen MR) is 77.2 cm³/mol. The lowest BCUT2D eigenvalue weighted by Crippen LogP contribution is -2.39. The number of carbonyl (C=O) groups excluding carboxylic acids is 1. The number of aromatic nitrogens is 1. The van der Waals surface area contributed by atoms with E-state index >= 15 is 0 Å². The zero-order chi connectivity index (χ0) is 14.6. The van der Waals surface area contributed by atoms with Crippen LogP contribution in [-0.4, -0.2) is 32.9 Å². The predicted octanol–water partition coefficient (Wildman–Crippen LogP) is 1.08. The molecule has 1 amide bonds. The molecule has 1 aromatic heterocycles. The van der Waals surface area contributed by atoms with Crippen LogP contribution in [0.3, 0.4) is 0 Å². The van der Waals surface area contributed by atoms with Gasteiger partial charge < -0.3 is 5.32 Å². The lowest BCUT2D eigenvalue weighted by atomic mass is 10.4. The van der Waals surface area contributed by atoms with Crippen molar-refractivity contribution in [2.24, 2.45) is 0 Å². The summed E-state index contributed by atoms with van der Waals surface area (Å²) in [7, 11) is -2.35. The Morgan fingerprint density at radius 2 is 2.05 bits per heavy atom. The number of carbonyl (C=O) groups is 1. The first-order chi connectivity index (χ1) is 9.55. The fraction of sp³-hybridized carbons (Fsp3) is 0.167. The Hall–Kier alpha value is -1.93. The van der Waals surface area contributed by atoms with Crippen LogP contribution in [0.2, 0.25) is 0 Å². The van der Waals surface area contributed by atoms with E-state index in [-0.39, 0.29) is 16.6 Å². The van der Waals surface area contributed by atoms with Gasteiger partial charge in [-0.05, 0) is 12.1 Å². The summed E-state index contributed by atoms with van der Waals surface area (Å²) in [6.07, 6.45) is 1.50. The molecule has 1 aromatic carbocycles. The molecule has 0 aliphatic carbocycles. The van der Waals surface area contributed by atoms with Crippen molar-refractivity contribution in [1.29, 1.82) is 0 Å². The Labute approximate surface area is 121 Å². The van der Waals surface area contributed by atoms with E-state index in [0.717, 1.165) is 15.6 Å². The zero-order valence-corrected chi connectivity index (χ0v) is 12.3. The molecule has 0 aliphatic rings. The van der Waals surface area contributed by atoms with Crippen molar-refractivity contribution in [3.05, 3.63) is 41.9 Å². The number of amides is 1. The van der Waals surface area contributed by atoms with Crippen LogP contribution < -0.4 is 9.62 Å². The summed E-state index contributed by atoms with van der Waals surface area (Å²) in [5.41, 5.74) is 0. The van der Waals surface area contributed by atoms with E-state index in [1.807, 2.05) is 0 Å². The summed E-state index contributed by atoms with van der Waals surface area (Å²) in [6, 6.07) is 7.96. The number of benzene rings is 1. The summed E-state index contributed by atoms with van der Waals surface area (Å²) in [6.45, 7) is -0.304. The first-order valence-corrected chi connectivity index (χ1v) is 8.05. The average Bonchev–Trinajstić information content (AvgIpc) is 2.99. The normalized spacial score (nSPS) is 11.1. The first kappa shape index (κ1) is 14.5. The number of rotatable bonds is 5. The number of nitrogens with zero attached hydrogens (tertiary/aromatic N) is 2. The molecule has 0 radical (unpaired) electrons. The van der Waals surface area contributed by atoms with E-state index in [1.54, 1.807) is 23.6 Å². The largest absolute Gasteiger partial charge is 0.358 e. The maximum absolute atomic E-state index is 12.6. The van der Waals surface area contributed by atoms with Crippen molar-refractivity contribution in [3.63, 3.8) is 0 Å². The number of likely N-dealkylation sites (N-methyl/N-ethyl adjacent to an activating group) is 1. The highest BCUT2D eigenvalue weighted by Gasteiger charge is 2.28. The highest BCUT2D eigenvalue weighted by atomic mass is 32.2. The van der Waals surface area contributed by atoms with E-state index in [4.69, 9.17) is 0 Å². The zero-order valence-electron chi connectivity index (χ0n) is 10.7. The van der Waals surface area contributed by atoms with Crippen molar-refractivity contribution in [2.75, 3.05) is 17.9 Å². The smallest absolute Gasteiger partial charge is 0.266 e. The van der Waals surface area contributed by atoms with Crippen LogP contribution in [0.4, 0.5) is 5.13 Å². The molecule has 2 rings (SSSR count). The highest BCUT2D eigenvalue weighted by Crippen LogP contribution is 2.24. The molecule has 0 saturated carbocycles. The van der Waals surface area contributed by atoms with E-state index < -0.39 is 15.9 Å². The topological polar surface area (TPSA) is 79.4 Å². The van der Waals surface area contributed by atoms with Crippen LogP contribution in [0, 0.1) is 0 Å². The molecule has 0 unspecified atom stereocenters. The van der Waals surface area contributed by atoms with Gasteiger partial charge in [-0.2, -0.15) is 0 Å². The Morgan fingerprint density at radius 1 is 1.35 bits per heavy atom. The van der Waals surface area contributed by atoms with E-state index in [2.05, 4.69) is 10.3 Å². The number of sulfonamides is 1. The lowest BCUT2D eigenvalue weighted by Gasteiger charge is -2.20. The Balaban J connectivity index is 2.43. The van der Waals surface area contributed by atoms with Gasteiger partial charge in [0.25, 0.3) is 10.0 Å². The summed E-state index contributed by atoms with van der Waals surface area (Å²) < 4.78 is 26.2. The number of thiazole rings is 1. The highest BCUT2D eigenvalue weighted by molar-refractivity contribution is 7.93. The minimum absolute atomic E-state index is 0.124. The molecule has 0 bridgehead atoms. The van der Waals surface area contributed by atoms with Gasteiger partial charge in [-0.1, -0.05) is 18.2 Å². The van der Waals surface area contributed by atoms with Crippen LogP contribution in [0.25, 0.3) is 0 Å². The molecule has 8 heteroatoms. The molecule has 2 aromatic rings. The molecule has 1 heterocycles. The van der Waals surface area contributed by atoms with Crippen LogP contribution >= 0.6 is 11.3 Å². The second-order valence-corrected chi connectivity index (χ2v) is 6.55. The van der Waals surface area contributed by atoms with Crippen molar-refractivity contribution in [2.45, 2.75) is 4.90 Å². The van der Waals surface area contributed by atoms with Crippen LogP contribution in [-0.2, 0) is 14.8 Å². The van der Waals surface area contributed by atoms with Crippen molar-refractivity contribution < 1.29 is 13.2 Å². The first-order valence-electron chi connectivity index (χ1n) is 5.73. The molecule has 0 fully saturated rings. The molecule has 0 atom stereocenters. The molecular weight excluding hydrogens is 298 g/mol. The minimum Gasteiger partial charge on any atom is -0.358 e. The van der Waals surface area contributed by atoms with Gasteiger partial charge in [-0.3, -0.25) is 4.79 Å². The quantitative estimate of drug-likeness (QED) is 0.896. The summed E-state index contributed by atoms with van der Waals surface area (Å²) in [5.74, 6) is -0.403. The SMILES string of the molecule is CNC(=O)CN(c1nccs1)S(=O)(=O)c1ccccc1. The van der Waals surface area contributed by atoms with Gasteiger partial charge in [0.1, 0.15) is 6.54 Å². The van der Waals surface area contributed by atoms with E-state index in [9.17, 15) is 13.2 Å². The van der Waals surface area contributed by atoms with Gasteiger partial charge in [0.2, 0.25) is 5.91 Å². The third-order valence-corrected chi connectivity index (χ3v) is 5.19. The van der Waals surface area contributed by atoms with E-state index in [1.165, 1.54) is 25.4 Å². The molecular formula is C12H13N3O3S2.